The predicted octanol–water partition coefficient (Wildman–Crippen LogP) is 1.46. The van der Waals surface area contributed by atoms with Crippen molar-refractivity contribution in [2.24, 2.45) is 0 Å². The average molecular weight is 351 g/mol. The lowest BCUT2D eigenvalue weighted by atomic mass is 10.3. The summed E-state index contributed by atoms with van der Waals surface area (Å²) in [7, 11) is 0. The smallest absolute Gasteiger partial charge is 0.270 e. The summed E-state index contributed by atoms with van der Waals surface area (Å²) < 4.78 is 1.61. The van der Waals surface area contributed by atoms with Crippen LogP contribution < -0.4 is 5.32 Å². The summed E-state index contributed by atoms with van der Waals surface area (Å²) in [4.78, 5) is 25.6. The number of nitriles is 1. The Balaban J connectivity index is 2.06. The molecule has 0 aliphatic rings. The molecule has 1 amide bonds. The van der Waals surface area contributed by atoms with Crippen LogP contribution in [0.4, 0.5) is 11.4 Å². The van der Waals surface area contributed by atoms with Crippen molar-refractivity contribution < 1.29 is 9.72 Å². The van der Waals surface area contributed by atoms with Crippen LogP contribution in [0.25, 0.3) is 0 Å². The monoisotopic (exact) mass is 350 g/mol. The van der Waals surface area contributed by atoms with Gasteiger partial charge in [0.25, 0.3) is 11.5 Å². The average Bonchev–Trinajstić information content (AvgIpc) is 2.88. The van der Waals surface area contributed by atoms with Gasteiger partial charge in [0.2, 0.25) is 5.91 Å². The zero-order valence-corrected chi connectivity index (χ0v) is 11.9. The van der Waals surface area contributed by atoms with Gasteiger partial charge in [0.1, 0.15) is 18.9 Å². The van der Waals surface area contributed by atoms with E-state index in [2.05, 4.69) is 31.3 Å². The highest BCUT2D eigenvalue weighted by atomic mass is 79.9. The molecule has 0 spiro atoms. The number of nitrogens with one attached hydrogen (secondary N) is 1. The van der Waals surface area contributed by atoms with Crippen molar-refractivity contribution in [2.75, 3.05) is 5.32 Å². The molecule has 9 nitrogen and oxygen atoms in total. The number of halogens is 1. The maximum absolute atomic E-state index is 11.8. The van der Waals surface area contributed by atoms with E-state index in [9.17, 15) is 14.9 Å². The van der Waals surface area contributed by atoms with Gasteiger partial charge in [0.05, 0.1) is 10.6 Å². The summed E-state index contributed by atoms with van der Waals surface area (Å²) in [6.07, 6.45) is 1.27. The van der Waals surface area contributed by atoms with Crippen molar-refractivity contribution in [1.82, 2.24) is 14.8 Å². The number of anilines is 1. The van der Waals surface area contributed by atoms with Gasteiger partial charge in [-0.1, -0.05) is 0 Å². The SMILES string of the molecule is N#Cc1ncn(CC(=O)Nc2ccc([N+](=O)[O-])cc2Br)n1. The molecule has 0 aliphatic heterocycles. The van der Waals surface area contributed by atoms with Gasteiger partial charge in [-0.15, -0.1) is 5.10 Å². The highest BCUT2D eigenvalue weighted by molar-refractivity contribution is 9.10. The highest BCUT2D eigenvalue weighted by Gasteiger charge is 2.12. The number of non-ortho nitro benzene ring substituents is 1. The van der Waals surface area contributed by atoms with Gasteiger partial charge in [-0.2, -0.15) is 5.26 Å². The number of hydrogen-bond donors (Lipinski definition) is 1. The summed E-state index contributed by atoms with van der Waals surface area (Å²) in [5.74, 6) is -0.432. The first kappa shape index (κ1) is 14.6. The minimum absolute atomic E-state index is 0.0284. The summed E-state index contributed by atoms with van der Waals surface area (Å²) >= 11 is 3.15. The number of benzene rings is 1. The fourth-order valence-electron chi connectivity index (χ4n) is 1.48. The zero-order valence-electron chi connectivity index (χ0n) is 10.4. The van der Waals surface area contributed by atoms with Crippen LogP contribution in [0.15, 0.2) is 29.0 Å². The second kappa shape index (κ2) is 6.10. The molecular weight excluding hydrogens is 344 g/mol. The number of nitro benzene ring substituents is 1. The Hall–Kier alpha value is -2.80. The second-order valence-corrected chi connectivity index (χ2v) is 4.70. The van der Waals surface area contributed by atoms with Gasteiger partial charge >= 0.3 is 0 Å². The van der Waals surface area contributed by atoms with Gasteiger partial charge in [-0.05, 0) is 22.0 Å². The van der Waals surface area contributed by atoms with Gasteiger partial charge in [-0.3, -0.25) is 14.9 Å². The molecule has 1 N–H and O–H groups in total. The van der Waals surface area contributed by atoms with Crippen molar-refractivity contribution in [3.05, 3.63) is 44.9 Å². The Labute approximate surface area is 126 Å². The number of nitro groups is 1. The lowest BCUT2D eigenvalue weighted by Crippen LogP contribution is -2.19. The van der Waals surface area contributed by atoms with Crippen LogP contribution in [0.2, 0.25) is 0 Å². The maximum atomic E-state index is 11.8. The summed E-state index contributed by atoms with van der Waals surface area (Å²) in [6.45, 7) is -0.127. The maximum Gasteiger partial charge on any atom is 0.270 e. The number of carbonyl (C=O) groups excluding carboxylic acids is 1. The topological polar surface area (TPSA) is 127 Å². The molecule has 0 bridgehead atoms. The van der Waals surface area contributed by atoms with E-state index in [1.807, 2.05) is 0 Å². The molecular formula is C11H7BrN6O3. The van der Waals surface area contributed by atoms with E-state index in [1.165, 1.54) is 29.2 Å². The Kier molecular flexibility index (Phi) is 4.24. The molecule has 0 saturated carbocycles. The fourth-order valence-corrected chi connectivity index (χ4v) is 1.94. The molecule has 21 heavy (non-hydrogen) atoms. The molecule has 0 fully saturated rings. The minimum atomic E-state index is -0.533. The van der Waals surface area contributed by atoms with Crippen LogP contribution >= 0.6 is 15.9 Å². The van der Waals surface area contributed by atoms with E-state index in [-0.39, 0.29) is 18.1 Å². The molecule has 0 aliphatic carbocycles. The highest BCUT2D eigenvalue weighted by Crippen LogP contribution is 2.27. The van der Waals surface area contributed by atoms with Gasteiger partial charge < -0.3 is 5.32 Å². The quantitative estimate of drug-likeness (QED) is 0.656. The normalized spacial score (nSPS) is 9.90. The van der Waals surface area contributed by atoms with Gasteiger partial charge in [-0.25, -0.2) is 9.67 Å². The van der Waals surface area contributed by atoms with Crippen molar-refractivity contribution in [2.45, 2.75) is 6.54 Å². The van der Waals surface area contributed by atoms with Crippen molar-refractivity contribution in [3.8, 4) is 6.07 Å². The van der Waals surface area contributed by atoms with Crippen molar-refractivity contribution in [1.29, 1.82) is 5.26 Å². The van der Waals surface area contributed by atoms with Crippen LogP contribution in [0.3, 0.4) is 0 Å². The van der Waals surface area contributed by atoms with Crippen LogP contribution in [0.5, 0.6) is 0 Å². The van der Waals surface area contributed by atoms with E-state index < -0.39 is 10.8 Å². The van der Waals surface area contributed by atoms with Crippen LogP contribution in [0.1, 0.15) is 5.82 Å². The predicted molar refractivity (Wildman–Crippen MR) is 74.2 cm³/mol. The molecule has 106 valence electrons. The van der Waals surface area contributed by atoms with Crippen molar-refractivity contribution in [3.63, 3.8) is 0 Å². The molecule has 0 saturated heterocycles. The zero-order chi connectivity index (χ0) is 15.4. The first-order valence-electron chi connectivity index (χ1n) is 5.53. The Bertz CT molecular complexity index is 751. The number of aromatic nitrogens is 3. The van der Waals surface area contributed by atoms with E-state index in [4.69, 9.17) is 5.26 Å². The molecule has 2 aromatic rings. The third kappa shape index (κ3) is 3.61. The first-order chi connectivity index (χ1) is 9.99. The first-order valence-corrected chi connectivity index (χ1v) is 6.32. The third-order valence-corrected chi connectivity index (χ3v) is 3.04. The molecule has 2 rings (SSSR count). The standard InChI is InChI=1S/C11H7BrN6O3/c12-8-3-7(18(20)21)1-2-9(8)15-11(19)5-17-6-14-10(4-13)16-17/h1-3,6H,5H2,(H,15,19). The van der Waals surface area contributed by atoms with Crippen LogP contribution in [-0.2, 0) is 11.3 Å². The summed E-state index contributed by atoms with van der Waals surface area (Å²) in [6, 6.07) is 5.74. The third-order valence-electron chi connectivity index (χ3n) is 2.38. The van der Waals surface area contributed by atoms with Crippen LogP contribution in [-0.4, -0.2) is 25.6 Å². The van der Waals surface area contributed by atoms with Crippen molar-refractivity contribution >= 4 is 33.2 Å². The molecule has 1 aromatic carbocycles. The minimum Gasteiger partial charge on any atom is -0.323 e. The molecule has 0 unspecified atom stereocenters. The number of carbonyl (C=O) groups is 1. The van der Waals surface area contributed by atoms with Gasteiger partial charge in [0.15, 0.2) is 0 Å². The Morgan fingerprint density at radius 2 is 2.33 bits per heavy atom. The Morgan fingerprint density at radius 3 is 2.90 bits per heavy atom. The summed E-state index contributed by atoms with van der Waals surface area (Å²) in [5.41, 5.74) is 0.307. The second-order valence-electron chi connectivity index (χ2n) is 3.85. The Morgan fingerprint density at radius 1 is 1.57 bits per heavy atom. The lowest BCUT2D eigenvalue weighted by molar-refractivity contribution is -0.384. The number of nitrogens with zero attached hydrogens (tertiary/aromatic N) is 5. The van der Waals surface area contributed by atoms with Crippen LogP contribution in [0, 0.1) is 21.4 Å². The number of amides is 1. The summed E-state index contributed by atoms with van der Waals surface area (Å²) in [5, 5.41) is 25.5. The van der Waals surface area contributed by atoms with Gasteiger partial charge in [0, 0.05) is 16.6 Å². The van der Waals surface area contributed by atoms with E-state index >= 15 is 0 Å². The molecule has 1 heterocycles. The molecule has 0 radical (unpaired) electrons. The van der Waals surface area contributed by atoms with E-state index in [0.29, 0.717) is 10.2 Å². The molecule has 10 heteroatoms. The fraction of sp³-hybridized carbons (Fsp3) is 0.0909. The lowest BCUT2D eigenvalue weighted by Gasteiger charge is -2.07. The largest absolute Gasteiger partial charge is 0.323 e. The molecule has 0 atom stereocenters. The number of rotatable bonds is 4. The van der Waals surface area contributed by atoms with E-state index in [1.54, 1.807) is 6.07 Å². The molecule has 1 aromatic heterocycles. The number of hydrogen-bond acceptors (Lipinski definition) is 6. The van der Waals surface area contributed by atoms with E-state index in [0.717, 1.165) is 0 Å².